The third-order valence-electron chi connectivity index (χ3n) is 5.19. The van der Waals surface area contributed by atoms with Gasteiger partial charge < -0.3 is 18.8 Å². The van der Waals surface area contributed by atoms with E-state index in [0.717, 1.165) is 11.0 Å². The van der Waals surface area contributed by atoms with Crippen LogP contribution in [0.4, 0.5) is 0 Å². The molecule has 1 saturated heterocycles. The van der Waals surface area contributed by atoms with Gasteiger partial charge >= 0.3 is 13.1 Å². The lowest BCUT2D eigenvalue weighted by Gasteiger charge is -2.32. The summed E-state index contributed by atoms with van der Waals surface area (Å²) < 4.78 is 24.0. The van der Waals surface area contributed by atoms with E-state index >= 15 is 0 Å². The third kappa shape index (κ3) is 3.72. The summed E-state index contributed by atoms with van der Waals surface area (Å²) >= 11 is 0. The maximum absolute atomic E-state index is 11.8. The Morgan fingerprint density at radius 3 is 2.44 bits per heavy atom. The monoisotopic (exact) mass is 372 g/mol. The highest BCUT2D eigenvalue weighted by molar-refractivity contribution is 6.62. The largest absolute Gasteiger partial charge is 0.498 e. The van der Waals surface area contributed by atoms with Crippen molar-refractivity contribution in [3.63, 3.8) is 0 Å². The Balaban J connectivity index is 1.76. The van der Waals surface area contributed by atoms with Crippen LogP contribution in [0.3, 0.4) is 0 Å². The average Bonchev–Trinajstić information content (AvgIpc) is 3.16. The number of methoxy groups -OCH3 is 2. The molecule has 1 aromatic carbocycles. The molecule has 0 bridgehead atoms. The van der Waals surface area contributed by atoms with Gasteiger partial charge in [0.1, 0.15) is 11.3 Å². The standard InChI is InChI=1S/C19H25BN2O5/c1-18(2)19(3,4)27-20(26-18)14-10-21-22(12-14)11-13-7-8-15(17(23)25-6)16(9-13)24-5/h7-10,12H,11H2,1-6H3. The Morgan fingerprint density at radius 1 is 1.19 bits per heavy atom. The zero-order chi connectivity index (χ0) is 19.8. The number of carbonyl (C=O) groups excluding carboxylic acids is 1. The van der Waals surface area contributed by atoms with Crippen LogP contribution in [0.15, 0.2) is 30.6 Å². The van der Waals surface area contributed by atoms with E-state index in [0.29, 0.717) is 17.9 Å². The van der Waals surface area contributed by atoms with Gasteiger partial charge in [0, 0.05) is 17.9 Å². The van der Waals surface area contributed by atoms with Crippen LogP contribution in [0.25, 0.3) is 0 Å². The van der Waals surface area contributed by atoms with E-state index in [4.69, 9.17) is 18.8 Å². The van der Waals surface area contributed by atoms with E-state index in [1.807, 2.05) is 46.0 Å². The van der Waals surface area contributed by atoms with Crippen molar-refractivity contribution in [1.82, 2.24) is 9.78 Å². The van der Waals surface area contributed by atoms with Crippen LogP contribution < -0.4 is 10.2 Å². The minimum absolute atomic E-state index is 0.391. The SMILES string of the molecule is COC(=O)c1ccc(Cn2cc(B3OC(C)(C)C(C)(C)O3)cn2)cc1OC. The van der Waals surface area contributed by atoms with Gasteiger partial charge in [-0.15, -0.1) is 0 Å². The predicted octanol–water partition coefficient (Wildman–Crippen LogP) is 2.03. The van der Waals surface area contributed by atoms with Crippen molar-refractivity contribution in [2.45, 2.75) is 45.4 Å². The molecule has 0 spiro atoms. The van der Waals surface area contributed by atoms with Crippen molar-refractivity contribution in [1.29, 1.82) is 0 Å². The molecule has 27 heavy (non-hydrogen) atoms. The topological polar surface area (TPSA) is 71.8 Å². The molecule has 1 aliphatic heterocycles. The molecular formula is C19H25BN2O5. The molecule has 0 radical (unpaired) electrons. The number of carbonyl (C=O) groups is 1. The van der Waals surface area contributed by atoms with Gasteiger partial charge in [-0.25, -0.2) is 4.79 Å². The first-order chi connectivity index (χ1) is 12.7. The molecule has 0 atom stereocenters. The van der Waals surface area contributed by atoms with E-state index < -0.39 is 24.3 Å². The van der Waals surface area contributed by atoms with Gasteiger partial charge in [0.2, 0.25) is 0 Å². The quantitative estimate of drug-likeness (QED) is 0.591. The van der Waals surface area contributed by atoms with Crippen LogP contribution >= 0.6 is 0 Å². The van der Waals surface area contributed by atoms with Gasteiger partial charge in [-0.1, -0.05) is 6.07 Å². The Labute approximate surface area is 159 Å². The van der Waals surface area contributed by atoms with Crippen molar-refractivity contribution in [2.75, 3.05) is 14.2 Å². The molecule has 0 amide bonds. The molecular weight excluding hydrogens is 347 g/mol. The fourth-order valence-corrected chi connectivity index (χ4v) is 2.87. The predicted molar refractivity (Wildman–Crippen MR) is 101 cm³/mol. The lowest BCUT2D eigenvalue weighted by atomic mass is 9.82. The minimum atomic E-state index is -0.444. The Hall–Kier alpha value is -2.32. The number of nitrogens with zero attached hydrogens (tertiary/aromatic N) is 2. The fourth-order valence-electron chi connectivity index (χ4n) is 2.87. The second kappa shape index (κ2) is 7.01. The van der Waals surface area contributed by atoms with E-state index in [9.17, 15) is 4.79 Å². The molecule has 3 rings (SSSR count). The second-order valence-corrected chi connectivity index (χ2v) is 7.59. The van der Waals surface area contributed by atoms with Crippen molar-refractivity contribution in [2.24, 2.45) is 0 Å². The van der Waals surface area contributed by atoms with Crippen LogP contribution in [-0.2, 0) is 20.6 Å². The Kier molecular flexibility index (Phi) is 5.05. The molecule has 1 aliphatic rings. The molecule has 0 unspecified atom stereocenters. The maximum Gasteiger partial charge on any atom is 0.498 e. The Bertz CT molecular complexity index is 830. The molecule has 7 nitrogen and oxygen atoms in total. The molecule has 144 valence electrons. The zero-order valence-corrected chi connectivity index (χ0v) is 16.6. The number of esters is 1. The van der Waals surface area contributed by atoms with E-state index in [1.165, 1.54) is 14.2 Å². The Morgan fingerprint density at radius 2 is 1.85 bits per heavy atom. The van der Waals surface area contributed by atoms with Crippen molar-refractivity contribution in [3.8, 4) is 5.75 Å². The highest BCUT2D eigenvalue weighted by Crippen LogP contribution is 2.36. The first kappa shape index (κ1) is 19.4. The molecule has 0 N–H and O–H groups in total. The lowest BCUT2D eigenvalue weighted by molar-refractivity contribution is 0.00578. The van der Waals surface area contributed by atoms with Gasteiger partial charge in [0.05, 0.1) is 32.0 Å². The number of aromatic nitrogens is 2. The van der Waals surface area contributed by atoms with E-state index in [2.05, 4.69) is 5.10 Å². The second-order valence-electron chi connectivity index (χ2n) is 7.59. The maximum atomic E-state index is 11.8. The van der Waals surface area contributed by atoms with Gasteiger partial charge in [-0.05, 0) is 45.4 Å². The molecule has 0 saturated carbocycles. The van der Waals surface area contributed by atoms with Crippen LogP contribution in [0.2, 0.25) is 0 Å². The first-order valence-corrected chi connectivity index (χ1v) is 8.80. The number of hydrogen-bond acceptors (Lipinski definition) is 6. The fraction of sp³-hybridized carbons (Fsp3) is 0.474. The summed E-state index contributed by atoms with van der Waals surface area (Å²) in [6.07, 6.45) is 3.66. The number of benzene rings is 1. The van der Waals surface area contributed by atoms with Crippen molar-refractivity contribution in [3.05, 3.63) is 41.7 Å². The summed E-state index contributed by atoms with van der Waals surface area (Å²) in [7, 11) is 2.42. The number of hydrogen-bond donors (Lipinski definition) is 0. The van der Waals surface area contributed by atoms with Gasteiger partial charge in [0.25, 0.3) is 0 Å². The molecule has 2 aromatic rings. The van der Waals surface area contributed by atoms with Crippen LogP contribution in [-0.4, -0.2) is 48.3 Å². The third-order valence-corrected chi connectivity index (χ3v) is 5.19. The molecule has 8 heteroatoms. The lowest BCUT2D eigenvalue weighted by Crippen LogP contribution is -2.41. The number of ether oxygens (including phenoxy) is 2. The smallest absolute Gasteiger partial charge is 0.496 e. The average molecular weight is 372 g/mol. The molecule has 1 fully saturated rings. The number of rotatable bonds is 5. The minimum Gasteiger partial charge on any atom is -0.496 e. The normalized spacial score (nSPS) is 17.8. The van der Waals surface area contributed by atoms with Gasteiger partial charge in [-0.2, -0.15) is 5.10 Å². The molecule has 2 heterocycles. The summed E-state index contributed by atoms with van der Waals surface area (Å²) in [6, 6.07) is 5.35. The van der Waals surface area contributed by atoms with Gasteiger partial charge in [-0.3, -0.25) is 4.68 Å². The van der Waals surface area contributed by atoms with E-state index in [-0.39, 0.29) is 0 Å². The summed E-state index contributed by atoms with van der Waals surface area (Å²) in [6.45, 7) is 8.61. The van der Waals surface area contributed by atoms with Crippen LogP contribution in [0.5, 0.6) is 5.75 Å². The highest BCUT2D eigenvalue weighted by Gasteiger charge is 2.52. The van der Waals surface area contributed by atoms with Crippen LogP contribution in [0, 0.1) is 0 Å². The molecule has 1 aromatic heterocycles. The summed E-state index contributed by atoms with van der Waals surface area (Å²) in [4.78, 5) is 11.8. The van der Waals surface area contributed by atoms with Crippen molar-refractivity contribution < 1.29 is 23.6 Å². The van der Waals surface area contributed by atoms with E-state index in [1.54, 1.807) is 16.9 Å². The molecule has 0 aliphatic carbocycles. The summed E-state index contributed by atoms with van der Waals surface area (Å²) in [5, 5.41) is 4.41. The highest BCUT2D eigenvalue weighted by atomic mass is 16.7. The summed E-state index contributed by atoms with van der Waals surface area (Å²) in [5.41, 5.74) is 1.42. The summed E-state index contributed by atoms with van der Waals surface area (Å²) in [5.74, 6) is 0.0400. The van der Waals surface area contributed by atoms with Crippen molar-refractivity contribution >= 4 is 18.6 Å². The first-order valence-electron chi connectivity index (χ1n) is 8.80. The van der Waals surface area contributed by atoms with Crippen LogP contribution in [0.1, 0.15) is 43.6 Å². The van der Waals surface area contributed by atoms with Gasteiger partial charge in [0.15, 0.2) is 0 Å². The zero-order valence-electron chi connectivity index (χ0n) is 16.6.